The Balaban J connectivity index is 2.50. The molecule has 108 valence electrons. The zero-order valence-electron chi connectivity index (χ0n) is 10.6. The van der Waals surface area contributed by atoms with Gasteiger partial charge in [0, 0.05) is 11.8 Å². The third kappa shape index (κ3) is 2.84. The van der Waals surface area contributed by atoms with Crippen molar-refractivity contribution in [1.29, 1.82) is 0 Å². The highest BCUT2D eigenvalue weighted by molar-refractivity contribution is 5.96. The van der Waals surface area contributed by atoms with E-state index in [1.807, 2.05) is 0 Å². The highest BCUT2D eigenvalue weighted by Gasteiger charge is 2.21. The number of phenolic OH excluding ortho intramolecular Hbond substituents is 3. The van der Waals surface area contributed by atoms with Gasteiger partial charge in [-0.1, -0.05) is 0 Å². The van der Waals surface area contributed by atoms with Crippen LogP contribution in [0.2, 0.25) is 0 Å². The van der Waals surface area contributed by atoms with E-state index in [4.69, 9.17) is 10.8 Å². The van der Waals surface area contributed by atoms with E-state index in [0.29, 0.717) is 11.4 Å². The molecule has 8 nitrogen and oxygen atoms in total. The molecular formula is C13H11N3O5. The maximum Gasteiger partial charge on any atom is 0.338 e. The number of azo groups is 1. The molecule has 0 unspecified atom stereocenters. The summed E-state index contributed by atoms with van der Waals surface area (Å²) in [6.45, 7) is 0. The van der Waals surface area contributed by atoms with Gasteiger partial charge in [0.25, 0.3) is 0 Å². The Kier molecular flexibility index (Phi) is 3.61. The third-order valence-electron chi connectivity index (χ3n) is 2.62. The van der Waals surface area contributed by atoms with Crippen LogP contribution in [0.15, 0.2) is 40.6 Å². The van der Waals surface area contributed by atoms with Crippen LogP contribution in [0.4, 0.5) is 17.1 Å². The molecule has 8 heteroatoms. The first-order valence-corrected chi connectivity index (χ1v) is 5.68. The van der Waals surface area contributed by atoms with Gasteiger partial charge in [-0.25, -0.2) is 4.79 Å². The number of phenols is 3. The number of carboxylic acids is 1. The van der Waals surface area contributed by atoms with Crippen molar-refractivity contribution in [2.24, 2.45) is 10.2 Å². The van der Waals surface area contributed by atoms with Gasteiger partial charge in [-0.15, -0.1) is 5.11 Å². The Labute approximate surface area is 118 Å². The summed E-state index contributed by atoms with van der Waals surface area (Å²) in [7, 11) is 0. The predicted octanol–water partition coefficient (Wildman–Crippen LogP) is 2.50. The number of hydrogen-bond donors (Lipinski definition) is 5. The molecule has 21 heavy (non-hydrogen) atoms. The smallest absolute Gasteiger partial charge is 0.338 e. The third-order valence-corrected chi connectivity index (χ3v) is 2.62. The van der Waals surface area contributed by atoms with Gasteiger partial charge in [-0.2, -0.15) is 5.11 Å². The van der Waals surface area contributed by atoms with Crippen molar-refractivity contribution in [3.63, 3.8) is 0 Å². The summed E-state index contributed by atoms with van der Waals surface area (Å²) >= 11 is 0. The largest absolute Gasteiger partial charge is 0.504 e. The number of anilines is 1. The van der Waals surface area contributed by atoms with E-state index in [0.717, 1.165) is 6.07 Å². The monoisotopic (exact) mass is 289 g/mol. The van der Waals surface area contributed by atoms with Crippen molar-refractivity contribution >= 4 is 23.0 Å². The molecule has 0 heterocycles. The lowest BCUT2D eigenvalue weighted by Crippen LogP contribution is -1.96. The van der Waals surface area contributed by atoms with Crippen LogP contribution in [-0.2, 0) is 0 Å². The fourth-order valence-electron chi connectivity index (χ4n) is 1.55. The Morgan fingerprint density at radius 2 is 1.62 bits per heavy atom. The van der Waals surface area contributed by atoms with E-state index in [1.54, 1.807) is 12.1 Å². The number of nitrogen functional groups attached to an aromatic ring is 1. The number of nitrogens with two attached hydrogens (primary N) is 1. The number of rotatable bonds is 3. The van der Waals surface area contributed by atoms with Gasteiger partial charge in [0.05, 0.1) is 11.3 Å². The molecule has 0 saturated heterocycles. The van der Waals surface area contributed by atoms with Gasteiger partial charge < -0.3 is 26.2 Å². The molecule has 0 aliphatic carbocycles. The standard InChI is InChI=1S/C13H11N3O5/c14-6-1-3-7(4-2-6)15-16-10-8(13(20)21)5-9(17)11(18)12(10)19/h1-5,17-19H,14H2,(H,20,21)/b16-15+. The second kappa shape index (κ2) is 5.37. The molecule has 0 atom stereocenters. The van der Waals surface area contributed by atoms with Crippen LogP contribution in [0.5, 0.6) is 17.2 Å². The van der Waals surface area contributed by atoms with Crippen molar-refractivity contribution in [1.82, 2.24) is 0 Å². The topological polar surface area (TPSA) is 149 Å². The number of aromatic carboxylic acids is 1. The van der Waals surface area contributed by atoms with Gasteiger partial charge >= 0.3 is 5.97 Å². The summed E-state index contributed by atoms with van der Waals surface area (Å²) in [5.74, 6) is -3.94. The summed E-state index contributed by atoms with van der Waals surface area (Å²) in [5.41, 5.74) is 5.43. The molecule has 0 bridgehead atoms. The van der Waals surface area contributed by atoms with Gasteiger partial charge in [0.15, 0.2) is 11.5 Å². The fraction of sp³-hybridized carbons (Fsp3) is 0. The number of carboxylic acid groups (broad SMARTS) is 1. The highest BCUT2D eigenvalue weighted by Crippen LogP contribution is 2.45. The molecule has 0 radical (unpaired) electrons. The van der Waals surface area contributed by atoms with E-state index in [2.05, 4.69) is 10.2 Å². The maximum atomic E-state index is 11.1. The van der Waals surface area contributed by atoms with E-state index < -0.39 is 34.5 Å². The SMILES string of the molecule is Nc1ccc(/N=N/c2c(C(=O)O)cc(O)c(O)c2O)cc1. The van der Waals surface area contributed by atoms with E-state index >= 15 is 0 Å². The van der Waals surface area contributed by atoms with Crippen LogP contribution in [0.3, 0.4) is 0 Å². The molecule has 2 rings (SSSR count). The maximum absolute atomic E-state index is 11.1. The molecular weight excluding hydrogens is 278 g/mol. The molecule has 2 aromatic carbocycles. The molecule has 0 fully saturated rings. The van der Waals surface area contributed by atoms with Gasteiger partial charge in [-0.3, -0.25) is 0 Å². The molecule has 0 aliphatic rings. The van der Waals surface area contributed by atoms with Gasteiger partial charge in [0.1, 0.15) is 5.69 Å². The Morgan fingerprint density at radius 3 is 2.19 bits per heavy atom. The number of nitrogens with zero attached hydrogens (tertiary/aromatic N) is 2. The lowest BCUT2D eigenvalue weighted by molar-refractivity contribution is 0.0697. The first-order valence-electron chi connectivity index (χ1n) is 5.68. The van der Waals surface area contributed by atoms with Crippen molar-refractivity contribution in [2.75, 3.05) is 5.73 Å². The molecule has 0 amide bonds. The van der Waals surface area contributed by atoms with Crippen molar-refractivity contribution < 1.29 is 25.2 Å². The molecule has 2 aromatic rings. The van der Waals surface area contributed by atoms with Crippen LogP contribution < -0.4 is 5.73 Å². The zero-order chi connectivity index (χ0) is 15.6. The summed E-state index contributed by atoms with van der Waals surface area (Å²) in [5, 5.41) is 44.8. The van der Waals surface area contributed by atoms with Crippen LogP contribution in [0, 0.1) is 0 Å². The first kappa shape index (κ1) is 14.1. The Hall–Kier alpha value is -3.29. The number of aromatic hydroxyl groups is 3. The van der Waals surface area contributed by atoms with Gasteiger partial charge in [-0.05, 0) is 24.3 Å². The minimum atomic E-state index is -1.44. The van der Waals surface area contributed by atoms with E-state index in [-0.39, 0.29) is 0 Å². The zero-order valence-corrected chi connectivity index (χ0v) is 10.6. The normalized spacial score (nSPS) is 10.9. The van der Waals surface area contributed by atoms with Crippen molar-refractivity contribution in [3.8, 4) is 17.2 Å². The second-order valence-electron chi connectivity index (χ2n) is 4.09. The van der Waals surface area contributed by atoms with Crippen LogP contribution in [0.1, 0.15) is 10.4 Å². The molecule has 0 aliphatic heterocycles. The summed E-state index contributed by atoms with van der Waals surface area (Å²) < 4.78 is 0. The second-order valence-corrected chi connectivity index (χ2v) is 4.09. The number of benzene rings is 2. The minimum Gasteiger partial charge on any atom is -0.504 e. The molecule has 0 spiro atoms. The van der Waals surface area contributed by atoms with Crippen LogP contribution in [-0.4, -0.2) is 26.4 Å². The molecule has 0 saturated carbocycles. The van der Waals surface area contributed by atoms with Crippen LogP contribution in [0.25, 0.3) is 0 Å². The highest BCUT2D eigenvalue weighted by atomic mass is 16.4. The van der Waals surface area contributed by atoms with E-state index in [1.165, 1.54) is 12.1 Å². The van der Waals surface area contributed by atoms with Crippen LogP contribution >= 0.6 is 0 Å². The van der Waals surface area contributed by atoms with Crippen molar-refractivity contribution in [2.45, 2.75) is 0 Å². The van der Waals surface area contributed by atoms with E-state index in [9.17, 15) is 20.1 Å². The number of carbonyl (C=O) groups is 1. The quantitative estimate of drug-likeness (QED) is 0.333. The first-order chi connectivity index (χ1) is 9.90. The van der Waals surface area contributed by atoms with Crippen molar-refractivity contribution in [3.05, 3.63) is 35.9 Å². The Bertz CT molecular complexity index is 726. The lowest BCUT2D eigenvalue weighted by Gasteiger charge is -2.06. The lowest BCUT2D eigenvalue weighted by atomic mass is 10.1. The van der Waals surface area contributed by atoms with Gasteiger partial charge in [0.2, 0.25) is 5.75 Å². The molecule has 6 N–H and O–H groups in total. The fourth-order valence-corrected chi connectivity index (χ4v) is 1.55. The predicted molar refractivity (Wildman–Crippen MR) is 73.4 cm³/mol. The number of hydrogen-bond acceptors (Lipinski definition) is 7. The average molecular weight is 289 g/mol. The average Bonchev–Trinajstić information content (AvgIpc) is 2.45. The summed E-state index contributed by atoms with van der Waals surface area (Å²) in [6, 6.07) is 6.99. The summed E-state index contributed by atoms with van der Waals surface area (Å²) in [4.78, 5) is 11.1. The minimum absolute atomic E-state index is 0.368. The molecule has 0 aromatic heterocycles. The summed E-state index contributed by atoms with van der Waals surface area (Å²) in [6.07, 6.45) is 0. The Morgan fingerprint density at radius 1 is 1.00 bits per heavy atom.